The Kier molecular flexibility index (Phi) is 3.95. The molecule has 1 aliphatic rings. The van der Waals surface area contributed by atoms with Gasteiger partial charge in [-0.3, -0.25) is 0 Å². The number of carbonyl (C=O) groups is 1. The molecule has 2 heterocycles. The maximum absolute atomic E-state index is 12.3. The first kappa shape index (κ1) is 14.4. The molecule has 0 bridgehead atoms. The van der Waals surface area contributed by atoms with E-state index < -0.39 is 16.0 Å². The topological polar surface area (TPSA) is 94.9 Å². The van der Waals surface area contributed by atoms with Crippen molar-refractivity contribution in [1.82, 2.24) is 4.31 Å². The van der Waals surface area contributed by atoms with E-state index in [9.17, 15) is 13.2 Å². The Morgan fingerprint density at radius 3 is 2.74 bits per heavy atom. The highest BCUT2D eigenvalue weighted by atomic mass is 32.2. The molecule has 8 heteroatoms. The van der Waals surface area contributed by atoms with Crippen LogP contribution in [0, 0.1) is 12.8 Å². The van der Waals surface area contributed by atoms with Gasteiger partial charge in [-0.1, -0.05) is 0 Å². The van der Waals surface area contributed by atoms with Gasteiger partial charge in [-0.25, -0.2) is 13.2 Å². The lowest BCUT2D eigenvalue weighted by Gasteiger charge is -2.14. The van der Waals surface area contributed by atoms with Gasteiger partial charge in [0.2, 0.25) is 0 Å². The minimum Gasteiger partial charge on any atom is -0.477 e. The van der Waals surface area contributed by atoms with Gasteiger partial charge in [0.1, 0.15) is 9.09 Å². The fourth-order valence-corrected chi connectivity index (χ4v) is 5.15. The van der Waals surface area contributed by atoms with Gasteiger partial charge < -0.3 is 10.2 Å². The zero-order chi connectivity index (χ0) is 14.2. The Labute approximate surface area is 115 Å². The molecule has 0 aliphatic carbocycles. The second-order valence-electron chi connectivity index (χ2n) is 4.58. The van der Waals surface area contributed by atoms with E-state index in [0.717, 1.165) is 11.3 Å². The van der Waals surface area contributed by atoms with Gasteiger partial charge in [-0.2, -0.15) is 4.31 Å². The molecule has 0 spiro atoms. The maximum Gasteiger partial charge on any atom is 0.346 e. The second-order valence-corrected chi connectivity index (χ2v) is 7.80. The van der Waals surface area contributed by atoms with Crippen molar-refractivity contribution in [3.05, 3.63) is 16.5 Å². The average Bonchev–Trinajstić information content (AvgIpc) is 2.95. The van der Waals surface area contributed by atoms with Crippen molar-refractivity contribution in [2.24, 2.45) is 5.92 Å². The third kappa shape index (κ3) is 2.66. The Bertz CT molecular complexity index is 592. The number of thiophene rings is 1. The van der Waals surface area contributed by atoms with Crippen LogP contribution in [-0.2, 0) is 10.0 Å². The van der Waals surface area contributed by atoms with Crippen molar-refractivity contribution in [2.75, 3.05) is 19.7 Å². The van der Waals surface area contributed by atoms with Crippen molar-refractivity contribution < 1.29 is 23.4 Å². The Morgan fingerprint density at radius 2 is 2.26 bits per heavy atom. The number of carboxylic acids is 1. The van der Waals surface area contributed by atoms with Gasteiger partial charge in [-0.05, 0) is 30.9 Å². The highest BCUT2D eigenvalue weighted by molar-refractivity contribution is 7.91. The third-order valence-corrected chi connectivity index (χ3v) is 6.73. The van der Waals surface area contributed by atoms with Crippen LogP contribution in [0.25, 0.3) is 0 Å². The summed E-state index contributed by atoms with van der Waals surface area (Å²) >= 11 is 0.779. The van der Waals surface area contributed by atoms with Crippen molar-refractivity contribution in [2.45, 2.75) is 17.6 Å². The van der Waals surface area contributed by atoms with Crippen molar-refractivity contribution in [3.8, 4) is 0 Å². The molecular weight excluding hydrogens is 290 g/mol. The molecule has 1 fully saturated rings. The van der Waals surface area contributed by atoms with Gasteiger partial charge >= 0.3 is 5.97 Å². The summed E-state index contributed by atoms with van der Waals surface area (Å²) in [6.45, 7) is 2.21. The molecule has 6 nitrogen and oxygen atoms in total. The molecule has 106 valence electrons. The van der Waals surface area contributed by atoms with E-state index in [2.05, 4.69) is 0 Å². The van der Waals surface area contributed by atoms with Crippen molar-refractivity contribution >= 4 is 27.3 Å². The van der Waals surface area contributed by atoms with Gasteiger partial charge in [-0.15, -0.1) is 11.3 Å². The number of nitrogens with zero attached hydrogens (tertiary/aromatic N) is 1. The van der Waals surface area contributed by atoms with Gasteiger partial charge in [0.15, 0.2) is 0 Å². The van der Waals surface area contributed by atoms with Crippen LogP contribution in [0.2, 0.25) is 0 Å². The summed E-state index contributed by atoms with van der Waals surface area (Å²) in [6, 6.07) is 1.40. The Hall–Kier alpha value is -0.960. The fraction of sp³-hybridized carbons (Fsp3) is 0.545. The van der Waals surface area contributed by atoms with E-state index in [-0.39, 0.29) is 28.2 Å². The highest BCUT2D eigenvalue weighted by Crippen LogP contribution is 2.31. The van der Waals surface area contributed by atoms with Crippen molar-refractivity contribution in [3.63, 3.8) is 0 Å². The standard InChI is InChI=1S/C11H15NO5S2/c1-7-4-9(18-10(7)11(14)15)19(16,17)12-3-2-8(5-12)6-13/h4,8,13H,2-3,5-6H2,1H3,(H,14,15). The van der Waals surface area contributed by atoms with E-state index in [1.54, 1.807) is 6.92 Å². The molecule has 0 amide bonds. The van der Waals surface area contributed by atoms with Crippen LogP contribution in [0.3, 0.4) is 0 Å². The molecule has 19 heavy (non-hydrogen) atoms. The highest BCUT2D eigenvalue weighted by Gasteiger charge is 2.34. The van der Waals surface area contributed by atoms with Crippen LogP contribution < -0.4 is 0 Å². The summed E-state index contributed by atoms with van der Waals surface area (Å²) in [6.07, 6.45) is 0.631. The molecule has 1 aromatic heterocycles. The molecule has 0 saturated carbocycles. The van der Waals surface area contributed by atoms with Crippen LogP contribution in [0.1, 0.15) is 21.7 Å². The molecule has 1 unspecified atom stereocenters. The Balaban J connectivity index is 2.30. The predicted molar refractivity (Wildman–Crippen MR) is 70.0 cm³/mol. The number of sulfonamides is 1. The molecular formula is C11H15NO5S2. The summed E-state index contributed by atoms with van der Waals surface area (Å²) < 4.78 is 26.1. The van der Waals surface area contributed by atoms with E-state index in [1.807, 2.05) is 0 Å². The number of aliphatic hydroxyl groups is 1. The fourth-order valence-electron chi connectivity index (χ4n) is 2.08. The average molecular weight is 305 g/mol. The SMILES string of the molecule is Cc1cc(S(=O)(=O)N2CCC(CO)C2)sc1C(=O)O. The lowest BCUT2D eigenvalue weighted by molar-refractivity contribution is 0.0701. The molecule has 1 aliphatic heterocycles. The normalized spacial score (nSPS) is 20.8. The number of aromatic carboxylic acids is 1. The lowest BCUT2D eigenvalue weighted by Crippen LogP contribution is -2.28. The van der Waals surface area contributed by atoms with Crippen LogP contribution in [-0.4, -0.2) is 48.6 Å². The van der Waals surface area contributed by atoms with E-state index in [4.69, 9.17) is 10.2 Å². The van der Waals surface area contributed by atoms with Crippen LogP contribution >= 0.6 is 11.3 Å². The number of rotatable bonds is 4. The molecule has 0 aromatic carbocycles. The first-order chi connectivity index (χ1) is 8.86. The predicted octanol–water partition coefficient (Wildman–Crippen LogP) is 0.758. The zero-order valence-electron chi connectivity index (χ0n) is 10.4. The van der Waals surface area contributed by atoms with E-state index in [0.29, 0.717) is 18.5 Å². The first-order valence-electron chi connectivity index (χ1n) is 5.81. The first-order valence-corrected chi connectivity index (χ1v) is 8.06. The van der Waals surface area contributed by atoms with E-state index in [1.165, 1.54) is 10.4 Å². The molecule has 1 atom stereocenters. The van der Waals surface area contributed by atoms with Crippen LogP contribution in [0.4, 0.5) is 0 Å². The minimum absolute atomic E-state index is 0.0319. The summed E-state index contributed by atoms with van der Waals surface area (Å²) in [7, 11) is -3.64. The summed E-state index contributed by atoms with van der Waals surface area (Å²) in [4.78, 5) is 11.0. The summed E-state index contributed by atoms with van der Waals surface area (Å²) in [5.74, 6) is -1.15. The minimum atomic E-state index is -3.64. The number of hydrogen-bond acceptors (Lipinski definition) is 5. The van der Waals surface area contributed by atoms with Crippen LogP contribution in [0.5, 0.6) is 0 Å². The zero-order valence-corrected chi connectivity index (χ0v) is 12.0. The summed E-state index contributed by atoms with van der Waals surface area (Å²) in [5.41, 5.74) is 0.453. The molecule has 1 aromatic rings. The molecule has 1 saturated heterocycles. The Morgan fingerprint density at radius 1 is 1.58 bits per heavy atom. The van der Waals surface area contributed by atoms with Gasteiger partial charge in [0.25, 0.3) is 10.0 Å². The number of hydrogen-bond donors (Lipinski definition) is 2. The van der Waals surface area contributed by atoms with Gasteiger partial charge in [0.05, 0.1) is 0 Å². The molecule has 0 radical (unpaired) electrons. The number of aryl methyl sites for hydroxylation is 1. The molecule has 2 N–H and O–H groups in total. The summed E-state index contributed by atoms with van der Waals surface area (Å²) in [5, 5.41) is 18.0. The van der Waals surface area contributed by atoms with Gasteiger partial charge in [0, 0.05) is 19.7 Å². The lowest BCUT2D eigenvalue weighted by atomic mass is 10.1. The second kappa shape index (κ2) is 5.20. The number of aliphatic hydroxyl groups excluding tert-OH is 1. The number of carboxylic acid groups (broad SMARTS) is 1. The smallest absolute Gasteiger partial charge is 0.346 e. The third-order valence-electron chi connectivity index (χ3n) is 3.19. The molecule has 2 rings (SSSR count). The monoisotopic (exact) mass is 305 g/mol. The largest absolute Gasteiger partial charge is 0.477 e. The maximum atomic E-state index is 12.3. The van der Waals surface area contributed by atoms with E-state index >= 15 is 0 Å². The van der Waals surface area contributed by atoms with Crippen LogP contribution in [0.15, 0.2) is 10.3 Å². The quantitative estimate of drug-likeness (QED) is 0.856. The van der Waals surface area contributed by atoms with Crippen molar-refractivity contribution in [1.29, 1.82) is 0 Å².